The second-order valence-electron chi connectivity index (χ2n) is 8.29. The van der Waals surface area contributed by atoms with E-state index in [0.717, 1.165) is 28.5 Å². The fraction of sp³-hybridized carbons (Fsp3) is 0.143. The molecule has 0 aliphatic heterocycles. The fourth-order valence-corrected chi connectivity index (χ4v) is 4.00. The minimum absolute atomic E-state index is 0.0560. The van der Waals surface area contributed by atoms with Crippen molar-refractivity contribution in [1.82, 2.24) is 0 Å². The van der Waals surface area contributed by atoms with Gasteiger partial charge in [-0.15, -0.1) is 0 Å². The largest absolute Gasteiger partial charge is 0.464 e. The fourth-order valence-electron chi connectivity index (χ4n) is 4.00. The molecule has 2 aromatic heterocycles. The van der Waals surface area contributed by atoms with E-state index in [-0.39, 0.29) is 18.1 Å². The van der Waals surface area contributed by atoms with E-state index >= 15 is 0 Å². The number of hydrogen-bond acceptors (Lipinski definition) is 4. The summed E-state index contributed by atoms with van der Waals surface area (Å²) in [6.45, 7) is 4.06. The Morgan fingerprint density at radius 2 is 1.68 bits per heavy atom. The van der Waals surface area contributed by atoms with E-state index in [1.807, 2.05) is 61.5 Å². The van der Waals surface area contributed by atoms with Crippen LogP contribution in [0, 0.1) is 6.92 Å². The molecular weight excluding hydrogens is 428 g/mol. The molecule has 5 rings (SSSR count). The van der Waals surface area contributed by atoms with Gasteiger partial charge in [0.05, 0.1) is 12.7 Å². The third-order valence-corrected chi connectivity index (χ3v) is 5.85. The number of carbonyl (C=O) groups is 2. The SMILES string of the molecule is CCc1ccc2occ(CC(=O)Nc3c(C(=O)Nc4ccc(C)cc4)oc4ccccc34)c2c1. The molecule has 5 aromatic rings. The van der Waals surface area contributed by atoms with Gasteiger partial charge in [0.25, 0.3) is 5.91 Å². The van der Waals surface area contributed by atoms with Crippen molar-refractivity contribution < 1.29 is 18.4 Å². The first-order valence-corrected chi connectivity index (χ1v) is 11.2. The molecule has 0 aliphatic rings. The molecule has 3 aromatic carbocycles. The van der Waals surface area contributed by atoms with Gasteiger partial charge in [0.1, 0.15) is 16.9 Å². The molecule has 0 unspecified atom stereocenters. The lowest BCUT2D eigenvalue weighted by molar-refractivity contribution is -0.115. The van der Waals surface area contributed by atoms with Gasteiger partial charge in [-0.1, -0.05) is 42.8 Å². The number of benzene rings is 3. The van der Waals surface area contributed by atoms with Gasteiger partial charge in [-0.05, 0) is 55.3 Å². The van der Waals surface area contributed by atoms with Crippen LogP contribution in [0.4, 0.5) is 11.4 Å². The third-order valence-electron chi connectivity index (χ3n) is 5.85. The molecule has 2 heterocycles. The Morgan fingerprint density at radius 1 is 0.882 bits per heavy atom. The Bertz CT molecular complexity index is 1510. The number of furan rings is 2. The Balaban J connectivity index is 1.43. The van der Waals surface area contributed by atoms with Crippen LogP contribution < -0.4 is 10.6 Å². The zero-order valence-electron chi connectivity index (χ0n) is 19.0. The number of nitrogens with one attached hydrogen (secondary N) is 2. The molecule has 2 amide bonds. The summed E-state index contributed by atoms with van der Waals surface area (Å²) in [6, 6.07) is 20.7. The second-order valence-corrected chi connectivity index (χ2v) is 8.29. The molecule has 0 fully saturated rings. The highest BCUT2D eigenvalue weighted by atomic mass is 16.3. The number of aryl methyl sites for hydroxylation is 2. The van der Waals surface area contributed by atoms with E-state index in [1.165, 1.54) is 5.56 Å². The van der Waals surface area contributed by atoms with Crippen molar-refractivity contribution in [2.24, 2.45) is 0 Å². The van der Waals surface area contributed by atoms with Gasteiger partial charge in [-0.2, -0.15) is 0 Å². The van der Waals surface area contributed by atoms with E-state index in [4.69, 9.17) is 8.83 Å². The average molecular weight is 453 g/mol. The molecule has 6 nitrogen and oxygen atoms in total. The summed E-state index contributed by atoms with van der Waals surface area (Å²) >= 11 is 0. The monoisotopic (exact) mass is 452 g/mol. The van der Waals surface area contributed by atoms with Gasteiger partial charge in [0, 0.05) is 22.0 Å². The number of anilines is 2. The van der Waals surface area contributed by atoms with E-state index in [0.29, 0.717) is 22.3 Å². The maximum absolute atomic E-state index is 13.1. The maximum atomic E-state index is 13.1. The Morgan fingerprint density at radius 3 is 2.47 bits per heavy atom. The van der Waals surface area contributed by atoms with E-state index in [1.54, 1.807) is 12.3 Å². The molecule has 0 spiro atoms. The lowest BCUT2D eigenvalue weighted by Crippen LogP contribution is -2.18. The topological polar surface area (TPSA) is 84.5 Å². The molecular formula is C28H24N2O4. The number of carbonyl (C=O) groups excluding carboxylic acids is 2. The summed E-state index contributed by atoms with van der Waals surface area (Å²) in [7, 11) is 0. The van der Waals surface area contributed by atoms with Crippen LogP contribution in [0.1, 0.15) is 34.2 Å². The summed E-state index contributed by atoms with van der Waals surface area (Å²) in [4.78, 5) is 26.1. The highest BCUT2D eigenvalue weighted by molar-refractivity contribution is 6.14. The van der Waals surface area contributed by atoms with E-state index in [9.17, 15) is 9.59 Å². The maximum Gasteiger partial charge on any atom is 0.293 e. The Kier molecular flexibility index (Phi) is 5.64. The zero-order valence-corrected chi connectivity index (χ0v) is 19.0. The number of fused-ring (bicyclic) bond motifs is 2. The molecule has 0 atom stereocenters. The van der Waals surface area contributed by atoms with E-state index in [2.05, 4.69) is 23.6 Å². The Hall–Kier alpha value is -4.32. The molecule has 0 bridgehead atoms. The van der Waals surface area contributed by atoms with Crippen LogP contribution in [-0.2, 0) is 17.6 Å². The smallest absolute Gasteiger partial charge is 0.293 e. The van der Waals surface area contributed by atoms with Crippen LogP contribution in [-0.4, -0.2) is 11.8 Å². The minimum Gasteiger partial charge on any atom is -0.464 e. The van der Waals surface area contributed by atoms with Crippen molar-refractivity contribution in [3.8, 4) is 0 Å². The first kappa shape index (κ1) is 21.5. The predicted molar refractivity (Wildman–Crippen MR) is 133 cm³/mol. The van der Waals surface area contributed by atoms with Crippen LogP contribution in [0.5, 0.6) is 0 Å². The number of para-hydroxylation sites is 1. The Labute approximate surface area is 196 Å². The molecule has 0 saturated heterocycles. The third kappa shape index (κ3) is 4.18. The number of amides is 2. The highest BCUT2D eigenvalue weighted by Gasteiger charge is 2.23. The van der Waals surface area contributed by atoms with Crippen molar-refractivity contribution in [3.63, 3.8) is 0 Å². The number of hydrogen-bond donors (Lipinski definition) is 2. The van der Waals surface area contributed by atoms with Crippen molar-refractivity contribution in [2.75, 3.05) is 10.6 Å². The summed E-state index contributed by atoms with van der Waals surface area (Å²) < 4.78 is 11.5. The minimum atomic E-state index is -0.434. The van der Waals surface area contributed by atoms with Gasteiger partial charge in [0.2, 0.25) is 11.7 Å². The summed E-state index contributed by atoms with van der Waals surface area (Å²) in [5, 5.41) is 7.33. The van der Waals surface area contributed by atoms with Crippen LogP contribution in [0.15, 0.2) is 81.8 Å². The molecule has 170 valence electrons. The molecule has 0 aliphatic carbocycles. The quantitative estimate of drug-likeness (QED) is 0.309. The standard InChI is InChI=1S/C28H24N2O4/c1-3-18-10-13-23-22(14-18)19(16-33-23)15-25(31)30-26-21-6-4-5-7-24(21)34-27(26)28(32)29-20-11-8-17(2)9-12-20/h4-14,16H,3,15H2,1-2H3,(H,29,32)(H,30,31). The van der Waals surface area contributed by atoms with Crippen LogP contribution in [0.25, 0.3) is 21.9 Å². The predicted octanol–water partition coefficient (Wildman–Crippen LogP) is 6.48. The van der Waals surface area contributed by atoms with Crippen molar-refractivity contribution in [3.05, 3.63) is 95.4 Å². The first-order valence-electron chi connectivity index (χ1n) is 11.2. The lowest BCUT2D eigenvalue weighted by atomic mass is 10.1. The van der Waals surface area contributed by atoms with Gasteiger partial charge in [-0.3, -0.25) is 9.59 Å². The van der Waals surface area contributed by atoms with Crippen molar-refractivity contribution in [2.45, 2.75) is 26.7 Å². The molecule has 6 heteroatoms. The molecule has 0 saturated carbocycles. The van der Waals surface area contributed by atoms with Gasteiger partial charge in [-0.25, -0.2) is 0 Å². The van der Waals surface area contributed by atoms with Gasteiger partial charge < -0.3 is 19.5 Å². The second kappa shape index (κ2) is 8.90. The van der Waals surface area contributed by atoms with Crippen LogP contribution in [0.2, 0.25) is 0 Å². The van der Waals surface area contributed by atoms with Crippen LogP contribution in [0.3, 0.4) is 0 Å². The summed E-state index contributed by atoms with van der Waals surface area (Å²) in [6.07, 6.45) is 2.62. The first-order chi connectivity index (χ1) is 16.5. The van der Waals surface area contributed by atoms with Gasteiger partial charge >= 0.3 is 0 Å². The number of rotatable bonds is 6. The van der Waals surface area contributed by atoms with Crippen molar-refractivity contribution in [1.29, 1.82) is 0 Å². The van der Waals surface area contributed by atoms with Crippen molar-refractivity contribution >= 4 is 45.1 Å². The summed E-state index contributed by atoms with van der Waals surface area (Å²) in [5.41, 5.74) is 5.32. The van der Waals surface area contributed by atoms with Gasteiger partial charge in [0.15, 0.2) is 0 Å². The molecule has 34 heavy (non-hydrogen) atoms. The highest BCUT2D eigenvalue weighted by Crippen LogP contribution is 2.32. The molecule has 2 N–H and O–H groups in total. The van der Waals surface area contributed by atoms with Crippen LogP contribution >= 0.6 is 0 Å². The van der Waals surface area contributed by atoms with E-state index < -0.39 is 5.91 Å². The molecule has 0 radical (unpaired) electrons. The zero-order chi connectivity index (χ0) is 23.7. The normalized spacial score (nSPS) is 11.1. The summed E-state index contributed by atoms with van der Waals surface area (Å²) in [5.74, 6) is -0.641. The average Bonchev–Trinajstić information content (AvgIpc) is 3.41. The lowest BCUT2D eigenvalue weighted by Gasteiger charge is -2.08.